The van der Waals surface area contributed by atoms with Crippen LogP contribution in [0.15, 0.2) is 42.5 Å². The largest absolute Gasteiger partial charge is 0.497 e. The van der Waals surface area contributed by atoms with Crippen LogP contribution in [0.2, 0.25) is 0 Å². The highest BCUT2D eigenvalue weighted by Gasteiger charge is 2.18. The molecule has 2 aromatic rings. The van der Waals surface area contributed by atoms with Crippen molar-refractivity contribution >= 4 is 22.2 Å². The van der Waals surface area contributed by atoms with Crippen LogP contribution >= 0.6 is 0 Å². The van der Waals surface area contributed by atoms with Crippen LogP contribution in [0, 0.1) is 18.3 Å². The van der Waals surface area contributed by atoms with Gasteiger partial charge in [-0.3, -0.25) is 0 Å². The average molecular weight is 415 g/mol. The van der Waals surface area contributed by atoms with E-state index in [1.54, 1.807) is 31.2 Å². The quantitative estimate of drug-likeness (QED) is 0.370. The molecule has 8 heteroatoms. The van der Waals surface area contributed by atoms with Gasteiger partial charge in [-0.15, -0.1) is 0 Å². The average Bonchev–Trinajstić information content (AvgIpc) is 2.65. The zero-order chi connectivity index (χ0) is 21.4. The Balaban J connectivity index is 2.25. The first kappa shape index (κ1) is 22.0. The maximum absolute atomic E-state index is 12.5. The summed E-state index contributed by atoms with van der Waals surface area (Å²) in [5.74, 6) is -0.608. The highest BCUT2D eigenvalue weighted by atomic mass is 32.2. The van der Waals surface area contributed by atoms with Crippen molar-refractivity contribution in [3.63, 3.8) is 0 Å². The molecule has 0 unspecified atom stereocenters. The van der Waals surface area contributed by atoms with Gasteiger partial charge in [0.1, 0.15) is 17.6 Å². The lowest BCUT2D eigenvalue weighted by atomic mass is 10.1. The van der Waals surface area contributed by atoms with Crippen LogP contribution in [0.3, 0.4) is 0 Å². The highest BCUT2D eigenvalue weighted by molar-refractivity contribution is 7.86. The van der Waals surface area contributed by atoms with Gasteiger partial charge in [0.25, 0.3) is 0 Å². The zero-order valence-electron chi connectivity index (χ0n) is 16.3. The van der Waals surface area contributed by atoms with Crippen LogP contribution in [-0.4, -0.2) is 28.1 Å². The standard InChI is InChI=1S/C21H21NO6S/c1-4-27-21(23)8-5-16-9-15(2)10-17(11-16)14-29(24,25)28-20-12-19(26-3)7-6-18(20)13-22/h5-12H,4,14H2,1-3H3/b8-5+. The molecule has 0 aliphatic rings. The second-order valence-corrected chi connectivity index (χ2v) is 7.67. The molecule has 2 rings (SSSR count). The van der Waals surface area contributed by atoms with Crippen molar-refractivity contribution in [2.24, 2.45) is 0 Å². The van der Waals surface area contributed by atoms with Gasteiger partial charge in [-0.05, 0) is 43.2 Å². The molecule has 0 spiro atoms. The lowest BCUT2D eigenvalue weighted by Gasteiger charge is -2.11. The number of benzene rings is 2. The summed E-state index contributed by atoms with van der Waals surface area (Å²) in [6, 6.07) is 11.4. The van der Waals surface area contributed by atoms with Crippen LogP contribution in [0.5, 0.6) is 11.5 Å². The molecule has 29 heavy (non-hydrogen) atoms. The summed E-state index contributed by atoms with van der Waals surface area (Å²) < 4.78 is 40.1. The zero-order valence-corrected chi connectivity index (χ0v) is 17.2. The molecular formula is C21H21NO6S. The molecule has 0 atom stereocenters. The van der Waals surface area contributed by atoms with E-state index in [9.17, 15) is 18.5 Å². The lowest BCUT2D eigenvalue weighted by Crippen LogP contribution is -2.13. The fourth-order valence-corrected chi connectivity index (χ4v) is 3.64. The molecule has 2 aromatic carbocycles. The molecule has 0 saturated heterocycles. The minimum atomic E-state index is -4.04. The number of rotatable bonds is 8. The maximum atomic E-state index is 12.5. The van der Waals surface area contributed by atoms with Gasteiger partial charge < -0.3 is 13.7 Å². The predicted molar refractivity (Wildman–Crippen MR) is 108 cm³/mol. The third-order valence-corrected chi connectivity index (χ3v) is 4.85. The van der Waals surface area contributed by atoms with E-state index in [0.29, 0.717) is 16.9 Å². The molecular weight excluding hydrogens is 394 g/mol. The van der Waals surface area contributed by atoms with Gasteiger partial charge >= 0.3 is 16.1 Å². The second-order valence-electron chi connectivity index (χ2n) is 6.10. The molecule has 0 N–H and O–H groups in total. The maximum Gasteiger partial charge on any atom is 0.330 e. The summed E-state index contributed by atoms with van der Waals surface area (Å²) >= 11 is 0. The first-order valence-corrected chi connectivity index (χ1v) is 10.3. The Morgan fingerprint density at radius 1 is 1.21 bits per heavy atom. The number of hydrogen-bond acceptors (Lipinski definition) is 7. The number of aryl methyl sites for hydroxylation is 1. The van der Waals surface area contributed by atoms with E-state index in [2.05, 4.69) is 0 Å². The summed E-state index contributed by atoms with van der Waals surface area (Å²) in [4.78, 5) is 11.5. The minimum Gasteiger partial charge on any atom is -0.497 e. The first-order chi connectivity index (χ1) is 13.8. The summed E-state index contributed by atoms with van der Waals surface area (Å²) in [7, 11) is -2.61. The number of nitrogens with zero attached hydrogens (tertiary/aromatic N) is 1. The molecule has 0 aromatic heterocycles. The Morgan fingerprint density at radius 3 is 2.62 bits per heavy atom. The molecule has 0 heterocycles. The number of carbonyl (C=O) groups is 1. The van der Waals surface area contributed by atoms with Crippen molar-refractivity contribution in [1.29, 1.82) is 5.26 Å². The summed E-state index contributed by atoms with van der Waals surface area (Å²) in [6.45, 7) is 3.79. The number of hydrogen-bond donors (Lipinski definition) is 0. The molecule has 7 nitrogen and oxygen atoms in total. The fraction of sp³-hybridized carbons (Fsp3) is 0.238. The normalized spacial score (nSPS) is 11.1. The van der Waals surface area contributed by atoms with Gasteiger partial charge in [-0.1, -0.05) is 23.8 Å². The molecule has 0 aliphatic heterocycles. The molecule has 0 radical (unpaired) electrons. The van der Waals surface area contributed by atoms with Crippen LogP contribution < -0.4 is 8.92 Å². The van der Waals surface area contributed by atoms with Crippen LogP contribution in [0.4, 0.5) is 0 Å². The Morgan fingerprint density at radius 2 is 1.97 bits per heavy atom. The third kappa shape index (κ3) is 6.66. The topological polar surface area (TPSA) is 103 Å². The van der Waals surface area contributed by atoms with E-state index in [1.807, 2.05) is 19.1 Å². The van der Waals surface area contributed by atoms with E-state index < -0.39 is 21.8 Å². The molecule has 0 aliphatic carbocycles. The fourth-order valence-electron chi connectivity index (χ4n) is 2.59. The first-order valence-electron chi connectivity index (χ1n) is 8.72. The van der Waals surface area contributed by atoms with Crippen LogP contribution in [-0.2, 0) is 25.4 Å². The van der Waals surface area contributed by atoms with Gasteiger partial charge in [0.05, 0.1) is 19.3 Å². The lowest BCUT2D eigenvalue weighted by molar-refractivity contribution is -0.137. The van der Waals surface area contributed by atoms with Crippen LogP contribution in [0.1, 0.15) is 29.2 Å². The van der Waals surface area contributed by atoms with Crippen molar-refractivity contribution in [2.45, 2.75) is 19.6 Å². The summed E-state index contributed by atoms with van der Waals surface area (Å²) in [5, 5.41) is 9.17. The van der Waals surface area contributed by atoms with Gasteiger partial charge in [0.2, 0.25) is 0 Å². The van der Waals surface area contributed by atoms with Crippen molar-refractivity contribution in [2.75, 3.05) is 13.7 Å². The molecule has 0 amide bonds. The summed E-state index contributed by atoms with van der Waals surface area (Å²) in [5.41, 5.74) is 2.04. The molecule has 0 bridgehead atoms. The molecule has 0 saturated carbocycles. The van der Waals surface area contributed by atoms with Crippen LogP contribution in [0.25, 0.3) is 6.08 Å². The highest BCUT2D eigenvalue weighted by Crippen LogP contribution is 2.26. The Labute approximate surface area is 170 Å². The summed E-state index contributed by atoms with van der Waals surface area (Å²) in [6.07, 6.45) is 2.83. The van der Waals surface area contributed by atoms with Crippen molar-refractivity contribution in [1.82, 2.24) is 0 Å². The Hall–Kier alpha value is -3.31. The smallest absolute Gasteiger partial charge is 0.330 e. The van der Waals surface area contributed by atoms with E-state index >= 15 is 0 Å². The Bertz CT molecular complexity index is 1070. The number of nitriles is 1. The van der Waals surface area contributed by atoms with Crippen molar-refractivity contribution in [3.05, 3.63) is 64.7 Å². The monoisotopic (exact) mass is 415 g/mol. The van der Waals surface area contributed by atoms with E-state index in [-0.39, 0.29) is 17.9 Å². The number of methoxy groups -OCH3 is 1. The molecule has 152 valence electrons. The van der Waals surface area contributed by atoms with E-state index in [1.165, 1.54) is 25.3 Å². The number of ether oxygens (including phenoxy) is 2. The van der Waals surface area contributed by atoms with Crippen molar-refractivity contribution < 1.29 is 26.9 Å². The van der Waals surface area contributed by atoms with Gasteiger partial charge in [-0.25, -0.2) is 4.79 Å². The number of carbonyl (C=O) groups excluding carboxylic acids is 1. The van der Waals surface area contributed by atoms with Gasteiger partial charge in [0.15, 0.2) is 5.75 Å². The predicted octanol–water partition coefficient (Wildman–Crippen LogP) is 3.36. The van der Waals surface area contributed by atoms with Gasteiger partial charge in [-0.2, -0.15) is 13.7 Å². The van der Waals surface area contributed by atoms with Gasteiger partial charge in [0, 0.05) is 12.1 Å². The number of esters is 1. The third-order valence-electron chi connectivity index (χ3n) is 3.73. The Kier molecular flexibility index (Phi) is 7.39. The van der Waals surface area contributed by atoms with E-state index in [0.717, 1.165) is 5.56 Å². The molecule has 0 fully saturated rings. The van der Waals surface area contributed by atoms with Crippen molar-refractivity contribution in [3.8, 4) is 17.6 Å². The van der Waals surface area contributed by atoms with E-state index in [4.69, 9.17) is 13.7 Å². The SMILES string of the molecule is CCOC(=O)/C=C/c1cc(C)cc(CS(=O)(=O)Oc2cc(OC)ccc2C#N)c1. The minimum absolute atomic E-state index is 0.0803. The second kappa shape index (κ2) is 9.75.